The van der Waals surface area contributed by atoms with Crippen LogP contribution >= 0.6 is 68.1 Å². The zero-order valence-electron chi connectivity index (χ0n) is 9.32. The van der Waals surface area contributed by atoms with E-state index in [0.29, 0.717) is 5.02 Å². The average molecular weight is 514 g/mol. The molecule has 0 bridgehead atoms. The second kappa shape index (κ2) is 5.34. The van der Waals surface area contributed by atoms with Gasteiger partial charge in [-0.05, 0) is 75.5 Å². The second-order valence-electron chi connectivity index (χ2n) is 3.91. The Hall–Kier alpha value is -0.120. The second-order valence-corrected chi connectivity index (χ2v) is 7.79. The molecule has 3 rings (SSSR count). The fourth-order valence-electron chi connectivity index (χ4n) is 1.74. The molecule has 0 atom stereocenters. The molecule has 2 nitrogen and oxygen atoms in total. The molecule has 0 saturated heterocycles. The highest BCUT2D eigenvalue weighted by Crippen LogP contribution is 2.39. The van der Waals surface area contributed by atoms with E-state index in [2.05, 4.69) is 50.2 Å². The molecule has 0 saturated carbocycles. The van der Waals surface area contributed by atoms with E-state index in [-0.39, 0.29) is 5.75 Å². The Morgan fingerprint density at radius 2 is 1.95 bits per heavy atom. The molecule has 3 aromatic rings. The zero-order valence-corrected chi connectivity index (χ0v) is 15.2. The molecule has 0 amide bonds. The maximum absolute atomic E-state index is 10.2. The molecule has 96 valence electrons. The van der Waals surface area contributed by atoms with Crippen molar-refractivity contribution < 1.29 is 5.11 Å². The first-order valence-electron chi connectivity index (χ1n) is 5.29. The van der Waals surface area contributed by atoms with Crippen LogP contribution in [0.4, 0.5) is 0 Å². The van der Waals surface area contributed by atoms with Crippen molar-refractivity contribution in [1.29, 1.82) is 0 Å². The van der Waals surface area contributed by atoms with Crippen LogP contribution in [0.2, 0.25) is 5.02 Å². The van der Waals surface area contributed by atoms with Gasteiger partial charge in [0.25, 0.3) is 0 Å². The molecular formula is C13H6ClI2NOS. The molecule has 0 radical (unpaired) electrons. The zero-order chi connectivity index (χ0) is 13.6. The number of phenols is 1. The van der Waals surface area contributed by atoms with Crippen molar-refractivity contribution in [2.75, 3.05) is 0 Å². The summed E-state index contributed by atoms with van der Waals surface area (Å²) in [4.78, 5) is 4.56. The molecule has 0 unspecified atom stereocenters. The van der Waals surface area contributed by atoms with E-state index in [4.69, 9.17) is 11.6 Å². The first-order chi connectivity index (χ1) is 9.04. The molecule has 0 aliphatic rings. The Bertz CT molecular complexity index is 788. The molecule has 1 N–H and O–H groups in total. The lowest BCUT2D eigenvalue weighted by atomic mass is 10.2. The molecule has 19 heavy (non-hydrogen) atoms. The van der Waals surface area contributed by atoms with E-state index in [9.17, 15) is 5.11 Å². The van der Waals surface area contributed by atoms with Crippen LogP contribution < -0.4 is 0 Å². The van der Waals surface area contributed by atoms with Crippen molar-refractivity contribution in [3.8, 4) is 16.3 Å². The van der Waals surface area contributed by atoms with Crippen LogP contribution in [-0.2, 0) is 0 Å². The minimum Gasteiger partial charge on any atom is -0.506 e. The standard InChI is InChI=1S/C13H6ClI2NOS/c14-6-1-2-10-11(3-6)19-13(17-10)8-4-7(15)5-9(16)12(8)18/h1-5,18H. The van der Waals surface area contributed by atoms with Crippen LogP contribution in [-0.4, -0.2) is 10.1 Å². The van der Waals surface area contributed by atoms with Crippen molar-refractivity contribution in [3.63, 3.8) is 0 Å². The quantitative estimate of drug-likeness (QED) is 0.434. The van der Waals surface area contributed by atoms with Crippen LogP contribution in [0.5, 0.6) is 5.75 Å². The fourth-order valence-corrected chi connectivity index (χ4v) is 4.85. The largest absolute Gasteiger partial charge is 0.506 e. The molecule has 0 aliphatic heterocycles. The predicted octanol–water partition coefficient (Wildman–Crippen LogP) is 5.53. The third-order valence-corrected chi connectivity index (χ3v) is 5.34. The molecule has 1 heterocycles. The summed E-state index contributed by atoms with van der Waals surface area (Å²) in [5, 5.41) is 11.7. The van der Waals surface area contributed by atoms with Gasteiger partial charge in [0, 0.05) is 8.59 Å². The van der Waals surface area contributed by atoms with Crippen LogP contribution in [0.25, 0.3) is 20.8 Å². The fraction of sp³-hybridized carbons (Fsp3) is 0. The van der Waals surface area contributed by atoms with E-state index < -0.39 is 0 Å². The Morgan fingerprint density at radius 3 is 2.74 bits per heavy atom. The topological polar surface area (TPSA) is 33.1 Å². The van der Waals surface area contributed by atoms with Gasteiger partial charge in [-0.2, -0.15) is 0 Å². The van der Waals surface area contributed by atoms with Crippen LogP contribution in [0.1, 0.15) is 0 Å². The van der Waals surface area contributed by atoms with E-state index in [1.807, 2.05) is 30.3 Å². The third-order valence-electron chi connectivity index (χ3n) is 2.61. The van der Waals surface area contributed by atoms with E-state index in [1.54, 1.807) is 0 Å². The minimum absolute atomic E-state index is 0.283. The summed E-state index contributed by atoms with van der Waals surface area (Å²) in [5.74, 6) is 0.283. The van der Waals surface area contributed by atoms with E-state index >= 15 is 0 Å². The Balaban J connectivity index is 2.24. The van der Waals surface area contributed by atoms with Crippen molar-refractivity contribution in [2.45, 2.75) is 0 Å². The summed E-state index contributed by atoms with van der Waals surface area (Å²) < 4.78 is 2.93. The lowest BCUT2D eigenvalue weighted by molar-refractivity contribution is 0.473. The number of aromatic nitrogens is 1. The van der Waals surface area contributed by atoms with Gasteiger partial charge in [-0.25, -0.2) is 4.98 Å². The first kappa shape index (κ1) is 13.8. The number of halogens is 3. The monoisotopic (exact) mass is 513 g/mol. The Kier molecular flexibility index (Phi) is 3.89. The van der Waals surface area contributed by atoms with Crippen molar-refractivity contribution >= 4 is 78.3 Å². The highest BCUT2D eigenvalue weighted by molar-refractivity contribution is 14.1. The van der Waals surface area contributed by atoms with Gasteiger partial charge in [-0.15, -0.1) is 11.3 Å². The number of hydrogen-bond acceptors (Lipinski definition) is 3. The Morgan fingerprint density at radius 1 is 1.16 bits per heavy atom. The number of thiazole rings is 1. The number of rotatable bonds is 1. The smallest absolute Gasteiger partial charge is 0.139 e. The van der Waals surface area contributed by atoms with Crippen LogP contribution in [0, 0.1) is 7.14 Å². The Labute approximate surface area is 146 Å². The van der Waals surface area contributed by atoms with Gasteiger partial charge >= 0.3 is 0 Å². The van der Waals surface area contributed by atoms with Gasteiger partial charge in [0.05, 0.1) is 19.4 Å². The average Bonchev–Trinajstić information content (AvgIpc) is 2.76. The highest BCUT2D eigenvalue weighted by Gasteiger charge is 2.14. The number of hydrogen-bond donors (Lipinski definition) is 1. The predicted molar refractivity (Wildman–Crippen MR) is 97.2 cm³/mol. The third kappa shape index (κ3) is 2.70. The SMILES string of the molecule is Oc1c(I)cc(I)cc1-c1nc2ccc(Cl)cc2s1. The number of benzene rings is 2. The number of phenolic OH excluding ortho intramolecular Hbond substituents is 1. The molecule has 1 aromatic heterocycles. The summed E-state index contributed by atoms with van der Waals surface area (Å²) in [6, 6.07) is 9.49. The van der Waals surface area contributed by atoms with Gasteiger partial charge < -0.3 is 5.11 Å². The van der Waals surface area contributed by atoms with E-state index in [1.165, 1.54) is 11.3 Å². The van der Waals surface area contributed by atoms with Gasteiger partial charge in [0.2, 0.25) is 0 Å². The number of aromatic hydroxyl groups is 1. The summed E-state index contributed by atoms with van der Waals surface area (Å²) in [5.41, 5.74) is 1.67. The van der Waals surface area contributed by atoms with Gasteiger partial charge in [0.15, 0.2) is 0 Å². The van der Waals surface area contributed by atoms with E-state index in [0.717, 1.165) is 27.9 Å². The van der Waals surface area contributed by atoms with Crippen LogP contribution in [0.15, 0.2) is 30.3 Å². The minimum atomic E-state index is 0.283. The normalized spacial score (nSPS) is 11.1. The van der Waals surface area contributed by atoms with Gasteiger partial charge in [0.1, 0.15) is 10.8 Å². The lowest BCUT2D eigenvalue weighted by Gasteiger charge is -2.04. The molecule has 6 heteroatoms. The van der Waals surface area contributed by atoms with Gasteiger partial charge in [-0.1, -0.05) is 11.6 Å². The molecular weight excluding hydrogens is 507 g/mol. The highest BCUT2D eigenvalue weighted by atomic mass is 127. The summed E-state index contributed by atoms with van der Waals surface area (Å²) in [7, 11) is 0. The number of nitrogens with zero attached hydrogens (tertiary/aromatic N) is 1. The molecule has 0 aliphatic carbocycles. The summed E-state index contributed by atoms with van der Waals surface area (Å²) in [6.45, 7) is 0. The van der Waals surface area contributed by atoms with Crippen molar-refractivity contribution in [3.05, 3.63) is 42.5 Å². The number of fused-ring (bicyclic) bond motifs is 1. The molecule has 2 aromatic carbocycles. The maximum Gasteiger partial charge on any atom is 0.139 e. The molecule has 0 spiro atoms. The maximum atomic E-state index is 10.2. The molecule has 0 fully saturated rings. The van der Waals surface area contributed by atoms with Crippen molar-refractivity contribution in [1.82, 2.24) is 4.98 Å². The summed E-state index contributed by atoms with van der Waals surface area (Å²) >= 11 is 11.9. The van der Waals surface area contributed by atoms with Crippen molar-refractivity contribution in [2.24, 2.45) is 0 Å². The first-order valence-corrected chi connectivity index (χ1v) is 8.64. The lowest BCUT2D eigenvalue weighted by Crippen LogP contribution is -1.84. The summed E-state index contributed by atoms with van der Waals surface area (Å²) in [6.07, 6.45) is 0. The van der Waals surface area contributed by atoms with Crippen LogP contribution in [0.3, 0.4) is 0 Å². The van der Waals surface area contributed by atoms with Gasteiger partial charge in [-0.3, -0.25) is 0 Å².